The molecule has 0 fully saturated rings. The van der Waals surface area contributed by atoms with Crippen molar-refractivity contribution in [2.45, 2.75) is 6.17 Å². The van der Waals surface area contributed by atoms with E-state index >= 15 is 0 Å². The summed E-state index contributed by atoms with van der Waals surface area (Å²) in [6.07, 6.45) is -0.258. The standard InChI is InChI=1S/C9H8BrN3OS2/c10-4-1-2-6-5(3-4)7(12-8(11)15)13-9(16)14-6/h1-3,7H,(H,13,16)(H3,11,12,15)/t7-/m0/s1. The Balaban J connectivity index is 2.39. The lowest BCUT2D eigenvalue weighted by Crippen LogP contribution is -2.46. The van der Waals surface area contributed by atoms with Crippen LogP contribution >= 0.6 is 40.4 Å². The summed E-state index contributed by atoms with van der Waals surface area (Å²) in [5, 5.41) is 6.34. The van der Waals surface area contributed by atoms with Gasteiger partial charge in [0.1, 0.15) is 11.9 Å². The normalized spacial score (nSPS) is 18.1. The second kappa shape index (κ2) is 4.52. The van der Waals surface area contributed by atoms with Crippen LogP contribution in [0.4, 0.5) is 0 Å². The Morgan fingerprint density at radius 2 is 2.31 bits per heavy atom. The van der Waals surface area contributed by atoms with Crippen molar-refractivity contribution in [3.8, 4) is 5.75 Å². The number of hydrogen-bond donors (Lipinski definition) is 3. The molecule has 84 valence electrons. The average molecular weight is 318 g/mol. The number of nitrogens with one attached hydrogen (secondary N) is 2. The van der Waals surface area contributed by atoms with E-state index in [9.17, 15) is 0 Å². The summed E-state index contributed by atoms with van der Waals surface area (Å²) in [5.74, 6) is 0.695. The number of benzene rings is 1. The van der Waals surface area contributed by atoms with Gasteiger partial charge in [0.15, 0.2) is 5.11 Å². The molecule has 1 atom stereocenters. The van der Waals surface area contributed by atoms with Gasteiger partial charge in [0.05, 0.1) is 0 Å². The molecule has 0 aliphatic carbocycles. The summed E-state index contributed by atoms with van der Waals surface area (Å²) in [6.45, 7) is 0. The Kier molecular flexibility index (Phi) is 3.27. The van der Waals surface area contributed by atoms with Crippen molar-refractivity contribution in [2.24, 2.45) is 5.73 Å². The maximum Gasteiger partial charge on any atom is 0.264 e. The second-order valence-electron chi connectivity index (χ2n) is 3.16. The van der Waals surface area contributed by atoms with Crippen LogP contribution in [0.25, 0.3) is 0 Å². The van der Waals surface area contributed by atoms with Crippen molar-refractivity contribution < 1.29 is 4.74 Å². The predicted molar refractivity (Wildman–Crippen MR) is 73.2 cm³/mol. The van der Waals surface area contributed by atoms with E-state index in [1.807, 2.05) is 18.2 Å². The molecule has 1 heterocycles. The maximum atomic E-state index is 5.45. The van der Waals surface area contributed by atoms with Crippen LogP contribution in [0.2, 0.25) is 0 Å². The van der Waals surface area contributed by atoms with Crippen molar-refractivity contribution in [2.75, 3.05) is 0 Å². The molecule has 0 saturated heterocycles. The smallest absolute Gasteiger partial charge is 0.264 e. The molecule has 16 heavy (non-hydrogen) atoms. The van der Waals surface area contributed by atoms with Crippen LogP contribution in [0.5, 0.6) is 5.75 Å². The number of thiocarbonyl (C=S) groups is 2. The van der Waals surface area contributed by atoms with E-state index < -0.39 is 0 Å². The zero-order chi connectivity index (χ0) is 11.7. The molecular weight excluding hydrogens is 310 g/mol. The van der Waals surface area contributed by atoms with Gasteiger partial charge < -0.3 is 21.1 Å². The minimum Gasteiger partial charge on any atom is -0.431 e. The van der Waals surface area contributed by atoms with E-state index in [-0.39, 0.29) is 11.3 Å². The van der Waals surface area contributed by atoms with Crippen LogP contribution < -0.4 is 21.1 Å². The molecule has 1 aromatic carbocycles. The summed E-state index contributed by atoms with van der Waals surface area (Å²) in [4.78, 5) is 0. The number of ether oxygens (including phenoxy) is 1. The lowest BCUT2D eigenvalue weighted by molar-refractivity contribution is 0.441. The summed E-state index contributed by atoms with van der Waals surface area (Å²) < 4.78 is 6.32. The fourth-order valence-corrected chi connectivity index (χ4v) is 2.12. The zero-order valence-corrected chi connectivity index (χ0v) is 11.2. The fourth-order valence-electron chi connectivity index (χ4n) is 1.42. The molecule has 0 radical (unpaired) electrons. The fraction of sp³-hybridized carbons (Fsp3) is 0.111. The molecule has 0 aromatic heterocycles. The second-order valence-corrected chi connectivity index (χ2v) is 4.88. The van der Waals surface area contributed by atoms with E-state index in [1.54, 1.807) is 0 Å². The number of halogens is 1. The Morgan fingerprint density at radius 1 is 1.56 bits per heavy atom. The molecule has 0 amide bonds. The predicted octanol–water partition coefficient (Wildman–Crippen LogP) is 1.55. The first-order chi connectivity index (χ1) is 7.56. The summed E-state index contributed by atoms with van der Waals surface area (Å²) in [5.41, 5.74) is 6.35. The highest BCUT2D eigenvalue weighted by atomic mass is 79.9. The SMILES string of the molecule is NC(=S)N[C@H]1NC(=S)Oc2ccc(Br)cc21. The lowest BCUT2D eigenvalue weighted by atomic mass is 10.1. The van der Waals surface area contributed by atoms with Crippen molar-refractivity contribution in [1.82, 2.24) is 10.6 Å². The highest BCUT2D eigenvalue weighted by molar-refractivity contribution is 9.10. The van der Waals surface area contributed by atoms with E-state index in [2.05, 4.69) is 26.6 Å². The lowest BCUT2D eigenvalue weighted by Gasteiger charge is -2.28. The van der Waals surface area contributed by atoms with Gasteiger partial charge in [-0.1, -0.05) is 15.9 Å². The summed E-state index contributed by atoms with van der Waals surface area (Å²) in [7, 11) is 0. The molecular formula is C9H8BrN3OS2. The quantitative estimate of drug-likeness (QED) is 0.683. The Bertz CT molecular complexity index is 466. The maximum absolute atomic E-state index is 5.45. The molecule has 1 aromatic rings. The number of hydrogen-bond acceptors (Lipinski definition) is 3. The minimum atomic E-state index is -0.258. The summed E-state index contributed by atoms with van der Waals surface area (Å²) >= 11 is 13.2. The van der Waals surface area contributed by atoms with E-state index in [0.717, 1.165) is 10.0 Å². The van der Waals surface area contributed by atoms with Gasteiger partial charge >= 0.3 is 0 Å². The van der Waals surface area contributed by atoms with Crippen LogP contribution in [0, 0.1) is 0 Å². The monoisotopic (exact) mass is 317 g/mol. The van der Waals surface area contributed by atoms with Gasteiger partial charge in [0, 0.05) is 10.0 Å². The Labute approximate surface area is 112 Å². The molecule has 2 rings (SSSR count). The van der Waals surface area contributed by atoms with Crippen molar-refractivity contribution in [1.29, 1.82) is 0 Å². The van der Waals surface area contributed by atoms with Gasteiger partial charge in [0.2, 0.25) is 0 Å². The van der Waals surface area contributed by atoms with E-state index in [0.29, 0.717) is 10.9 Å². The first-order valence-corrected chi connectivity index (χ1v) is 6.01. The molecule has 0 spiro atoms. The summed E-state index contributed by atoms with van der Waals surface area (Å²) in [6, 6.07) is 5.63. The molecule has 0 unspecified atom stereocenters. The molecule has 1 aliphatic rings. The first-order valence-electron chi connectivity index (χ1n) is 4.40. The van der Waals surface area contributed by atoms with Gasteiger partial charge in [-0.3, -0.25) is 0 Å². The number of nitrogens with two attached hydrogens (primary N) is 1. The van der Waals surface area contributed by atoms with Crippen LogP contribution in [-0.4, -0.2) is 10.3 Å². The Hall–Kier alpha value is -0.920. The first kappa shape index (κ1) is 11.6. The molecule has 7 heteroatoms. The topological polar surface area (TPSA) is 59.3 Å². The molecule has 4 nitrogen and oxygen atoms in total. The third-order valence-electron chi connectivity index (χ3n) is 2.03. The Morgan fingerprint density at radius 3 is 3.00 bits per heavy atom. The van der Waals surface area contributed by atoms with Gasteiger partial charge in [-0.2, -0.15) is 0 Å². The highest BCUT2D eigenvalue weighted by Gasteiger charge is 2.24. The number of rotatable bonds is 1. The van der Waals surface area contributed by atoms with Crippen LogP contribution in [0.15, 0.2) is 22.7 Å². The van der Waals surface area contributed by atoms with Gasteiger partial charge in [-0.05, 0) is 42.6 Å². The molecule has 1 aliphatic heterocycles. The van der Waals surface area contributed by atoms with Gasteiger partial charge in [-0.25, -0.2) is 0 Å². The van der Waals surface area contributed by atoms with Crippen LogP contribution in [0.3, 0.4) is 0 Å². The van der Waals surface area contributed by atoms with Crippen LogP contribution in [-0.2, 0) is 0 Å². The molecule has 4 N–H and O–H groups in total. The molecule has 0 saturated carbocycles. The van der Waals surface area contributed by atoms with Gasteiger partial charge in [-0.15, -0.1) is 0 Å². The zero-order valence-electron chi connectivity index (χ0n) is 7.99. The minimum absolute atomic E-state index is 0.202. The van der Waals surface area contributed by atoms with E-state index in [4.69, 9.17) is 34.9 Å². The molecule has 0 bridgehead atoms. The van der Waals surface area contributed by atoms with Gasteiger partial charge in [0.25, 0.3) is 5.17 Å². The van der Waals surface area contributed by atoms with Crippen molar-refractivity contribution in [3.63, 3.8) is 0 Å². The highest BCUT2D eigenvalue weighted by Crippen LogP contribution is 2.30. The third kappa shape index (κ3) is 2.42. The van der Waals surface area contributed by atoms with Crippen molar-refractivity contribution in [3.05, 3.63) is 28.2 Å². The van der Waals surface area contributed by atoms with E-state index in [1.165, 1.54) is 0 Å². The third-order valence-corrected chi connectivity index (χ3v) is 2.85. The number of fused-ring (bicyclic) bond motifs is 1. The van der Waals surface area contributed by atoms with Crippen molar-refractivity contribution >= 4 is 50.7 Å². The largest absolute Gasteiger partial charge is 0.431 e. The average Bonchev–Trinajstić information content (AvgIpc) is 2.18. The van der Waals surface area contributed by atoms with Crippen LogP contribution in [0.1, 0.15) is 11.7 Å².